The molecule has 0 unspecified atom stereocenters. The maximum Gasteiger partial charge on any atom is 0.337 e. The number of halogens is 1. The molecule has 0 fully saturated rings. The van der Waals surface area contributed by atoms with Crippen molar-refractivity contribution in [3.05, 3.63) is 23.8 Å². The Morgan fingerprint density at radius 2 is 2.38 bits per heavy atom. The molecule has 1 N–H and O–H groups in total. The first-order valence-electron chi connectivity index (χ1n) is 4.69. The molecule has 0 aliphatic heterocycles. The van der Waals surface area contributed by atoms with Crippen LogP contribution in [0.25, 0.3) is 11.0 Å². The van der Waals surface area contributed by atoms with Gasteiger partial charge >= 0.3 is 12.0 Å². The van der Waals surface area contributed by atoms with Crippen molar-refractivity contribution in [3.8, 4) is 6.01 Å². The van der Waals surface area contributed by atoms with Gasteiger partial charge in [-0.3, -0.25) is 0 Å². The molecule has 0 saturated carbocycles. The van der Waals surface area contributed by atoms with Crippen LogP contribution in [0.4, 0.5) is 0 Å². The molecule has 0 radical (unpaired) electrons. The zero-order valence-electron chi connectivity index (χ0n) is 8.48. The molecule has 0 atom stereocenters. The van der Waals surface area contributed by atoms with Crippen molar-refractivity contribution in [1.82, 2.24) is 7.76 Å². The number of aromatic carboxylic acids is 1. The van der Waals surface area contributed by atoms with Crippen LogP contribution in [0.2, 0.25) is 0 Å². The molecule has 84 valence electrons. The predicted molar refractivity (Wildman–Crippen MR) is 67.3 cm³/mol. The largest absolute Gasteiger partial charge is 0.478 e. The number of benzene rings is 1. The molecule has 1 aromatic heterocycles. The predicted octanol–water partition coefficient (Wildman–Crippen LogP) is 2.33. The minimum absolute atomic E-state index is 0.227. The van der Waals surface area contributed by atoms with E-state index in [1.807, 2.05) is 29.8 Å². The summed E-state index contributed by atoms with van der Waals surface area (Å²) in [5, 5.41) is 9.06. The van der Waals surface area contributed by atoms with Gasteiger partial charge in [-0.2, -0.15) is 4.98 Å². The number of hydrogen-bond acceptors (Lipinski definition) is 3. The zero-order valence-corrected chi connectivity index (χ0v) is 10.6. The fraction of sp³-hybridized carbons (Fsp3) is 0.200. The molecular weight excluding hydrogens is 323 g/mol. The van der Waals surface area contributed by atoms with Crippen molar-refractivity contribution in [3.63, 3.8) is 0 Å². The molecule has 0 aliphatic rings. The van der Waals surface area contributed by atoms with Gasteiger partial charge in [-0.05, 0) is 19.1 Å². The van der Waals surface area contributed by atoms with Crippen LogP contribution in [0.1, 0.15) is 17.3 Å². The summed E-state index contributed by atoms with van der Waals surface area (Å²) in [5.74, 6) is -0.966. The van der Waals surface area contributed by atoms with Gasteiger partial charge in [-0.15, -0.1) is 0 Å². The van der Waals surface area contributed by atoms with Crippen molar-refractivity contribution in [2.24, 2.45) is 0 Å². The van der Waals surface area contributed by atoms with E-state index in [4.69, 9.17) is 9.84 Å². The third kappa shape index (κ3) is 1.73. The summed E-state index contributed by atoms with van der Waals surface area (Å²) in [7, 11) is 0. The number of ether oxygens (including phenoxy) is 1. The number of rotatable bonds is 3. The number of imidazole rings is 1. The lowest BCUT2D eigenvalue weighted by Gasteiger charge is -2.01. The first-order valence-corrected chi connectivity index (χ1v) is 5.65. The molecule has 1 aromatic carbocycles. The monoisotopic (exact) mass is 332 g/mol. The van der Waals surface area contributed by atoms with E-state index in [0.717, 1.165) is 0 Å². The number of carbonyl (C=O) groups is 1. The lowest BCUT2D eigenvalue weighted by molar-refractivity contribution is 0.0699. The summed E-state index contributed by atoms with van der Waals surface area (Å²) in [6, 6.07) is 5.41. The van der Waals surface area contributed by atoms with Crippen molar-refractivity contribution in [1.29, 1.82) is 0 Å². The highest BCUT2D eigenvalue weighted by molar-refractivity contribution is 14.1. The first kappa shape index (κ1) is 11.2. The average Bonchev–Trinajstić information content (AvgIpc) is 2.57. The van der Waals surface area contributed by atoms with E-state index < -0.39 is 5.97 Å². The fourth-order valence-electron chi connectivity index (χ4n) is 1.46. The lowest BCUT2D eigenvalue weighted by atomic mass is 10.2. The van der Waals surface area contributed by atoms with Crippen LogP contribution in [0, 0.1) is 0 Å². The lowest BCUT2D eigenvalue weighted by Crippen LogP contribution is -2.00. The van der Waals surface area contributed by atoms with E-state index in [9.17, 15) is 4.79 Å². The van der Waals surface area contributed by atoms with Crippen LogP contribution in [0.5, 0.6) is 6.01 Å². The molecule has 0 bridgehead atoms. The van der Waals surface area contributed by atoms with Gasteiger partial charge in [0.05, 0.1) is 46.1 Å². The van der Waals surface area contributed by atoms with Crippen molar-refractivity contribution in [2.45, 2.75) is 6.92 Å². The van der Waals surface area contributed by atoms with Crippen molar-refractivity contribution in [2.75, 3.05) is 6.61 Å². The van der Waals surface area contributed by atoms with Gasteiger partial charge in [0.2, 0.25) is 0 Å². The van der Waals surface area contributed by atoms with Crippen LogP contribution in [-0.4, -0.2) is 25.4 Å². The number of carboxylic acids is 1. The fourth-order valence-corrected chi connectivity index (χ4v) is 2.22. The van der Waals surface area contributed by atoms with Gasteiger partial charge in [0.25, 0.3) is 0 Å². The molecule has 6 heteroatoms. The molecular formula is C10H9IN2O3. The Balaban J connectivity index is 2.72. The Hall–Kier alpha value is -1.31. The van der Waals surface area contributed by atoms with Gasteiger partial charge in [0, 0.05) is 0 Å². The number of para-hydroxylation sites is 1. The van der Waals surface area contributed by atoms with E-state index in [2.05, 4.69) is 4.98 Å². The molecule has 0 spiro atoms. The van der Waals surface area contributed by atoms with E-state index >= 15 is 0 Å². The normalized spacial score (nSPS) is 10.6. The van der Waals surface area contributed by atoms with Gasteiger partial charge in [0.1, 0.15) is 0 Å². The van der Waals surface area contributed by atoms with Crippen LogP contribution < -0.4 is 4.74 Å². The maximum atomic E-state index is 11.0. The number of aromatic nitrogens is 2. The van der Waals surface area contributed by atoms with Gasteiger partial charge in [-0.1, -0.05) is 6.07 Å². The van der Waals surface area contributed by atoms with E-state index in [0.29, 0.717) is 23.7 Å². The number of nitrogens with zero attached hydrogens (tertiary/aromatic N) is 2. The summed E-state index contributed by atoms with van der Waals surface area (Å²) >= 11 is 1.98. The van der Waals surface area contributed by atoms with Crippen LogP contribution in [-0.2, 0) is 0 Å². The van der Waals surface area contributed by atoms with E-state index in [1.165, 1.54) is 0 Å². The summed E-state index contributed by atoms with van der Waals surface area (Å²) in [6.45, 7) is 2.35. The van der Waals surface area contributed by atoms with Crippen molar-refractivity contribution >= 4 is 39.9 Å². The minimum atomic E-state index is -0.966. The summed E-state index contributed by atoms with van der Waals surface area (Å²) in [4.78, 5) is 15.3. The molecule has 16 heavy (non-hydrogen) atoms. The van der Waals surface area contributed by atoms with Gasteiger partial charge in [0.15, 0.2) is 0 Å². The second-order valence-corrected chi connectivity index (χ2v) is 4.05. The quantitative estimate of drug-likeness (QED) is 0.877. The Labute approximate surface area is 106 Å². The Morgan fingerprint density at radius 1 is 1.62 bits per heavy atom. The summed E-state index contributed by atoms with van der Waals surface area (Å²) in [6.07, 6.45) is 0. The SMILES string of the molecule is CCOc1nc2cccc(C(=O)O)c2n1I. The minimum Gasteiger partial charge on any atom is -0.478 e. The molecule has 0 saturated heterocycles. The van der Waals surface area contributed by atoms with E-state index in [-0.39, 0.29) is 5.56 Å². The van der Waals surface area contributed by atoms with Crippen LogP contribution in [0.15, 0.2) is 18.2 Å². The summed E-state index contributed by atoms with van der Waals surface area (Å²) in [5.41, 5.74) is 1.42. The second kappa shape index (κ2) is 4.28. The first-order chi connectivity index (χ1) is 7.65. The highest BCUT2D eigenvalue weighted by atomic mass is 127. The average molecular weight is 332 g/mol. The molecule has 5 nitrogen and oxygen atoms in total. The highest BCUT2D eigenvalue weighted by Gasteiger charge is 2.16. The zero-order chi connectivity index (χ0) is 11.7. The topological polar surface area (TPSA) is 64.3 Å². The standard InChI is InChI=1S/C10H9IN2O3/c1-2-16-10-12-7-5-3-4-6(9(14)15)8(7)13(10)11/h3-5H,2H2,1H3,(H,14,15). The highest BCUT2D eigenvalue weighted by Crippen LogP contribution is 2.27. The molecule has 1 heterocycles. The van der Waals surface area contributed by atoms with Gasteiger partial charge < -0.3 is 9.84 Å². The Morgan fingerprint density at radius 3 is 3.00 bits per heavy atom. The number of hydrogen-bond donors (Lipinski definition) is 1. The second-order valence-electron chi connectivity index (χ2n) is 3.09. The smallest absolute Gasteiger partial charge is 0.337 e. The number of fused-ring (bicyclic) bond motifs is 1. The molecule has 0 aliphatic carbocycles. The number of carboxylic acid groups (broad SMARTS) is 1. The molecule has 2 rings (SSSR count). The van der Waals surface area contributed by atoms with Crippen molar-refractivity contribution < 1.29 is 14.6 Å². The Bertz CT molecular complexity index is 550. The third-order valence-corrected chi connectivity index (χ3v) is 2.99. The van der Waals surface area contributed by atoms with Crippen LogP contribution >= 0.6 is 22.9 Å². The molecule has 2 aromatic rings. The maximum absolute atomic E-state index is 11.0. The van der Waals surface area contributed by atoms with Crippen LogP contribution in [0.3, 0.4) is 0 Å². The molecule has 0 amide bonds. The summed E-state index contributed by atoms with van der Waals surface area (Å²) < 4.78 is 6.93. The van der Waals surface area contributed by atoms with E-state index in [1.54, 1.807) is 21.0 Å². The Kier molecular flexibility index (Phi) is 2.99. The third-order valence-electron chi connectivity index (χ3n) is 2.10. The van der Waals surface area contributed by atoms with Gasteiger partial charge in [-0.25, -0.2) is 7.58 Å².